The molecule has 1 amide bonds. The Morgan fingerprint density at radius 1 is 1.27 bits per heavy atom. The fourth-order valence-corrected chi connectivity index (χ4v) is 2.41. The zero-order chi connectivity index (χ0) is 16.9. The lowest BCUT2D eigenvalue weighted by Crippen LogP contribution is -2.46. The van der Waals surface area contributed by atoms with Gasteiger partial charge in [0.05, 0.1) is 6.61 Å². The molecule has 0 unspecified atom stereocenters. The summed E-state index contributed by atoms with van der Waals surface area (Å²) in [4.78, 5) is 38.7. The second kappa shape index (κ2) is 7.29. The standard InChI is InChI=1S/C15H24N2O5/c1-5-22-13(19)11(10-16(3)4)12(18)15(2)6-8-17(9-7-15)14(20)21/h10H,5-9H2,1-4H3,(H,20,21)/b11-10-. The van der Waals surface area contributed by atoms with Crippen molar-refractivity contribution in [1.29, 1.82) is 0 Å². The molecule has 7 heteroatoms. The Labute approximate surface area is 130 Å². The van der Waals surface area contributed by atoms with Crippen LogP contribution in [0.2, 0.25) is 0 Å². The highest BCUT2D eigenvalue weighted by Gasteiger charge is 2.41. The summed E-state index contributed by atoms with van der Waals surface area (Å²) in [7, 11) is 3.45. The Kier molecular flexibility index (Phi) is 5.96. The molecule has 1 saturated heterocycles. The zero-order valence-electron chi connectivity index (χ0n) is 13.6. The summed E-state index contributed by atoms with van der Waals surface area (Å²) >= 11 is 0. The van der Waals surface area contributed by atoms with Crippen molar-refractivity contribution in [2.45, 2.75) is 26.7 Å². The van der Waals surface area contributed by atoms with Gasteiger partial charge in [0.1, 0.15) is 5.57 Å². The van der Waals surface area contributed by atoms with Crippen LogP contribution in [0.15, 0.2) is 11.8 Å². The van der Waals surface area contributed by atoms with Gasteiger partial charge in [-0.3, -0.25) is 4.79 Å². The topological polar surface area (TPSA) is 87.2 Å². The molecule has 1 fully saturated rings. The normalized spacial score (nSPS) is 17.8. The van der Waals surface area contributed by atoms with Crippen molar-refractivity contribution in [3.05, 3.63) is 11.8 Å². The van der Waals surface area contributed by atoms with Crippen molar-refractivity contribution >= 4 is 17.8 Å². The van der Waals surface area contributed by atoms with Crippen LogP contribution >= 0.6 is 0 Å². The molecule has 0 atom stereocenters. The maximum Gasteiger partial charge on any atom is 0.407 e. The molecule has 1 heterocycles. The van der Waals surface area contributed by atoms with Crippen LogP contribution in [0.1, 0.15) is 26.7 Å². The molecule has 0 spiro atoms. The number of piperidine rings is 1. The predicted molar refractivity (Wildman–Crippen MR) is 80.3 cm³/mol. The van der Waals surface area contributed by atoms with Crippen molar-refractivity contribution in [3.8, 4) is 0 Å². The first-order valence-electron chi connectivity index (χ1n) is 7.29. The number of carbonyl (C=O) groups is 3. The van der Waals surface area contributed by atoms with Crippen LogP contribution in [0.4, 0.5) is 4.79 Å². The SMILES string of the molecule is CCOC(=O)/C(=C\N(C)C)C(=O)C1(C)CCN(C(=O)O)CC1. The van der Waals surface area contributed by atoms with E-state index in [1.165, 1.54) is 11.1 Å². The fourth-order valence-electron chi connectivity index (χ4n) is 2.41. The zero-order valence-corrected chi connectivity index (χ0v) is 13.6. The molecule has 1 rings (SSSR count). The Morgan fingerprint density at radius 2 is 1.82 bits per heavy atom. The smallest absolute Gasteiger partial charge is 0.407 e. The Balaban J connectivity index is 2.95. The maximum atomic E-state index is 12.8. The van der Waals surface area contributed by atoms with Gasteiger partial charge in [-0.15, -0.1) is 0 Å². The molecule has 7 nitrogen and oxygen atoms in total. The summed E-state index contributed by atoms with van der Waals surface area (Å²) in [5.74, 6) is -0.923. The second-order valence-corrected chi connectivity index (χ2v) is 5.89. The number of likely N-dealkylation sites (tertiary alicyclic amines) is 1. The molecular formula is C15H24N2O5. The third-order valence-corrected chi connectivity index (χ3v) is 3.81. The van der Waals surface area contributed by atoms with E-state index in [0.717, 1.165) is 0 Å². The summed E-state index contributed by atoms with van der Waals surface area (Å²) in [5, 5.41) is 8.98. The molecule has 1 aliphatic rings. The van der Waals surface area contributed by atoms with E-state index in [4.69, 9.17) is 9.84 Å². The van der Waals surface area contributed by atoms with Crippen molar-refractivity contribution < 1.29 is 24.2 Å². The summed E-state index contributed by atoms with van der Waals surface area (Å²) in [6.45, 7) is 4.23. The predicted octanol–water partition coefficient (Wildman–Crippen LogP) is 1.34. The molecule has 1 aliphatic heterocycles. The van der Waals surface area contributed by atoms with Gasteiger partial charge in [-0.1, -0.05) is 6.92 Å². The van der Waals surface area contributed by atoms with Crippen LogP contribution < -0.4 is 0 Å². The first kappa shape index (κ1) is 18.0. The van der Waals surface area contributed by atoms with Gasteiger partial charge in [0.15, 0.2) is 5.78 Å². The Bertz CT molecular complexity index is 476. The lowest BCUT2D eigenvalue weighted by molar-refractivity contribution is -0.142. The molecule has 0 aromatic rings. The second-order valence-electron chi connectivity index (χ2n) is 5.89. The number of ether oxygens (including phenoxy) is 1. The number of hydrogen-bond acceptors (Lipinski definition) is 5. The molecule has 0 aliphatic carbocycles. The maximum absolute atomic E-state index is 12.8. The average molecular weight is 312 g/mol. The third kappa shape index (κ3) is 4.22. The fraction of sp³-hybridized carbons (Fsp3) is 0.667. The van der Waals surface area contributed by atoms with E-state index < -0.39 is 17.5 Å². The van der Waals surface area contributed by atoms with Crippen LogP contribution in [0, 0.1) is 5.41 Å². The lowest BCUT2D eigenvalue weighted by Gasteiger charge is -2.37. The number of nitrogens with zero attached hydrogens (tertiary/aromatic N) is 2. The summed E-state index contributed by atoms with van der Waals surface area (Å²) in [6, 6.07) is 0. The molecule has 22 heavy (non-hydrogen) atoms. The van der Waals surface area contributed by atoms with Crippen LogP contribution in [-0.4, -0.2) is 66.5 Å². The molecule has 0 aromatic heterocycles. The van der Waals surface area contributed by atoms with Crippen LogP contribution in [0.5, 0.6) is 0 Å². The number of ketones is 1. The van der Waals surface area contributed by atoms with Gasteiger partial charge >= 0.3 is 12.1 Å². The Morgan fingerprint density at radius 3 is 2.23 bits per heavy atom. The highest BCUT2D eigenvalue weighted by molar-refractivity contribution is 6.19. The molecule has 0 saturated carbocycles. The van der Waals surface area contributed by atoms with Gasteiger partial charge in [0, 0.05) is 38.8 Å². The van der Waals surface area contributed by atoms with E-state index >= 15 is 0 Å². The van der Waals surface area contributed by atoms with Gasteiger partial charge < -0.3 is 19.6 Å². The van der Waals surface area contributed by atoms with Gasteiger partial charge in [-0.25, -0.2) is 9.59 Å². The van der Waals surface area contributed by atoms with E-state index in [9.17, 15) is 14.4 Å². The van der Waals surface area contributed by atoms with Gasteiger partial charge in [0.2, 0.25) is 0 Å². The first-order valence-corrected chi connectivity index (χ1v) is 7.29. The minimum absolute atomic E-state index is 0.0122. The summed E-state index contributed by atoms with van der Waals surface area (Å²) < 4.78 is 4.96. The van der Waals surface area contributed by atoms with E-state index in [1.807, 2.05) is 0 Å². The number of carbonyl (C=O) groups excluding carboxylic acids is 2. The summed E-state index contributed by atoms with van der Waals surface area (Å²) in [5.41, 5.74) is -0.737. The van der Waals surface area contributed by atoms with Gasteiger partial charge in [-0.2, -0.15) is 0 Å². The van der Waals surface area contributed by atoms with Crippen molar-refractivity contribution in [2.75, 3.05) is 33.8 Å². The number of amides is 1. The molecule has 0 aromatic carbocycles. The minimum Gasteiger partial charge on any atom is -0.465 e. The Hall–Kier alpha value is -2.05. The molecule has 0 bridgehead atoms. The molecule has 124 valence electrons. The van der Waals surface area contributed by atoms with Crippen molar-refractivity contribution in [3.63, 3.8) is 0 Å². The highest BCUT2D eigenvalue weighted by Crippen LogP contribution is 2.34. The number of hydrogen-bond donors (Lipinski definition) is 1. The molecule has 1 N–H and O–H groups in total. The van der Waals surface area contributed by atoms with Crippen LogP contribution in [0.3, 0.4) is 0 Å². The van der Waals surface area contributed by atoms with Crippen molar-refractivity contribution in [1.82, 2.24) is 9.80 Å². The van der Waals surface area contributed by atoms with E-state index in [0.29, 0.717) is 12.8 Å². The average Bonchev–Trinajstić information content (AvgIpc) is 2.44. The highest BCUT2D eigenvalue weighted by atomic mass is 16.5. The number of esters is 1. The quantitative estimate of drug-likeness (QED) is 0.357. The monoisotopic (exact) mass is 312 g/mol. The third-order valence-electron chi connectivity index (χ3n) is 3.81. The van der Waals surface area contributed by atoms with Gasteiger partial charge in [-0.05, 0) is 19.8 Å². The van der Waals surface area contributed by atoms with E-state index in [2.05, 4.69) is 0 Å². The number of rotatable bonds is 5. The van der Waals surface area contributed by atoms with Crippen LogP contribution in [-0.2, 0) is 14.3 Å². The minimum atomic E-state index is -0.982. The molecular weight excluding hydrogens is 288 g/mol. The van der Waals surface area contributed by atoms with Crippen LogP contribution in [0.25, 0.3) is 0 Å². The largest absolute Gasteiger partial charge is 0.465 e. The van der Waals surface area contributed by atoms with E-state index in [-0.39, 0.29) is 31.1 Å². The van der Waals surface area contributed by atoms with Gasteiger partial charge in [0.25, 0.3) is 0 Å². The first-order chi connectivity index (χ1) is 10.2. The summed E-state index contributed by atoms with van der Waals surface area (Å²) in [6.07, 6.45) is 1.27. The van der Waals surface area contributed by atoms with E-state index in [1.54, 1.807) is 32.8 Å². The number of Topliss-reactive ketones (excluding diaryl/α,β-unsaturated/α-hetero) is 1. The number of carboxylic acid groups (broad SMARTS) is 1. The lowest BCUT2D eigenvalue weighted by atomic mass is 9.74. The van der Waals surface area contributed by atoms with Crippen molar-refractivity contribution in [2.24, 2.45) is 5.41 Å². The molecule has 0 radical (unpaired) electrons.